The first kappa shape index (κ1) is 14.1. The molecule has 0 saturated carbocycles. The summed E-state index contributed by atoms with van der Waals surface area (Å²) >= 11 is 1.79. The van der Waals surface area contributed by atoms with Crippen LogP contribution in [0.15, 0.2) is 23.8 Å². The number of thiophene rings is 1. The molecule has 0 saturated heterocycles. The van der Waals surface area contributed by atoms with Gasteiger partial charge in [-0.1, -0.05) is 0 Å². The van der Waals surface area contributed by atoms with E-state index >= 15 is 0 Å². The van der Waals surface area contributed by atoms with E-state index < -0.39 is 0 Å². The highest BCUT2D eigenvalue weighted by Crippen LogP contribution is 2.15. The third kappa shape index (κ3) is 4.08. The maximum Gasteiger partial charge on any atom is 0.157 e. The highest BCUT2D eigenvalue weighted by atomic mass is 32.1. The van der Waals surface area contributed by atoms with E-state index in [2.05, 4.69) is 42.6 Å². The Morgan fingerprint density at radius 1 is 1.47 bits per heavy atom. The summed E-state index contributed by atoms with van der Waals surface area (Å²) in [4.78, 5) is 1.40. The Balaban J connectivity index is 1.65. The zero-order valence-electron chi connectivity index (χ0n) is 11.7. The minimum absolute atomic E-state index is 0.372. The molecule has 0 aliphatic carbocycles. The largest absolute Gasteiger partial charge is 0.489 e. The first-order valence-corrected chi connectivity index (χ1v) is 7.45. The lowest BCUT2D eigenvalue weighted by Gasteiger charge is -2.06. The fourth-order valence-electron chi connectivity index (χ4n) is 1.71. The summed E-state index contributed by atoms with van der Waals surface area (Å²) < 4.78 is 7.54. The Morgan fingerprint density at radius 3 is 2.95 bits per heavy atom. The molecule has 2 heterocycles. The van der Waals surface area contributed by atoms with E-state index in [1.807, 2.05) is 10.9 Å². The van der Waals surface area contributed by atoms with E-state index in [0.29, 0.717) is 12.6 Å². The molecule has 0 atom stereocenters. The molecule has 2 aromatic rings. The highest BCUT2D eigenvalue weighted by molar-refractivity contribution is 7.10. The Labute approximate surface area is 118 Å². The van der Waals surface area contributed by atoms with Gasteiger partial charge >= 0.3 is 0 Å². The van der Waals surface area contributed by atoms with Gasteiger partial charge in [0.2, 0.25) is 0 Å². The fraction of sp³-hybridized carbons (Fsp3) is 0.500. The molecule has 0 spiro atoms. The number of aryl methyl sites for hydroxylation is 1. The molecule has 4 nitrogen and oxygen atoms in total. The van der Waals surface area contributed by atoms with Gasteiger partial charge in [0, 0.05) is 24.0 Å². The number of rotatable bonds is 7. The van der Waals surface area contributed by atoms with Gasteiger partial charge in [-0.15, -0.1) is 11.3 Å². The number of nitrogens with one attached hydrogen (secondary N) is 1. The van der Waals surface area contributed by atoms with Crippen molar-refractivity contribution >= 4 is 11.3 Å². The maximum absolute atomic E-state index is 5.64. The van der Waals surface area contributed by atoms with Crippen molar-refractivity contribution in [2.75, 3.05) is 13.2 Å². The van der Waals surface area contributed by atoms with E-state index in [-0.39, 0.29) is 0 Å². The summed E-state index contributed by atoms with van der Waals surface area (Å²) in [6.45, 7) is 8.75. The van der Waals surface area contributed by atoms with Crippen LogP contribution in [-0.4, -0.2) is 22.9 Å². The molecule has 19 heavy (non-hydrogen) atoms. The van der Waals surface area contributed by atoms with Crippen molar-refractivity contribution in [3.05, 3.63) is 34.3 Å². The van der Waals surface area contributed by atoms with Gasteiger partial charge in [0.15, 0.2) is 5.75 Å². The van der Waals surface area contributed by atoms with Crippen LogP contribution in [0.5, 0.6) is 5.75 Å². The van der Waals surface area contributed by atoms with Crippen molar-refractivity contribution < 1.29 is 4.74 Å². The summed E-state index contributed by atoms with van der Waals surface area (Å²) in [5, 5.41) is 9.75. The molecule has 0 radical (unpaired) electrons. The quantitative estimate of drug-likeness (QED) is 0.792. The summed E-state index contributed by atoms with van der Waals surface area (Å²) in [6.07, 6.45) is 3.71. The minimum atomic E-state index is 0.372. The SMILES string of the molecule is Cc1ccsc1CNCCOc1cnn(C(C)C)c1. The van der Waals surface area contributed by atoms with E-state index in [1.165, 1.54) is 10.4 Å². The Morgan fingerprint density at radius 2 is 2.32 bits per heavy atom. The van der Waals surface area contributed by atoms with Gasteiger partial charge in [0.25, 0.3) is 0 Å². The average molecular weight is 279 g/mol. The molecule has 104 valence electrons. The third-order valence-electron chi connectivity index (χ3n) is 2.91. The zero-order chi connectivity index (χ0) is 13.7. The van der Waals surface area contributed by atoms with Crippen LogP contribution in [-0.2, 0) is 6.54 Å². The summed E-state index contributed by atoms with van der Waals surface area (Å²) in [6, 6.07) is 2.52. The number of ether oxygens (including phenoxy) is 1. The van der Waals surface area contributed by atoms with Crippen molar-refractivity contribution in [3.8, 4) is 5.75 Å². The molecule has 5 heteroatoms. The number of hydrogen-bond donors (Lipinski definition) is 1. The smallest absolute Gasteiger partial charge is 0.157 e. The van der Waals surface area contributed by atoms with Crippen molar-refractivity contribution in [1.29, 1.82) is 0 Å². The van der Waals surface area contributed by atoms with Crippen LogP contribution in [0.2, 0.25) is 0 Å². The number of nitrogens with zero attached hydrogens (tertiary/aromatic N) is 2. The normalized spacial score (nSPS) is 11.2. The van der Waals surface area contributed by atoms with Gasteiger partial charge < -0.3 is 10.1 Å². The Kier molecular flexibility index (Phi) is 4.99. The summed E-state index contributed by atoms with van der Waals surface area (Å²) in [5.74, 6) is 0.836. The first-order valence-electron chi connectivity index (χ1n) is 6.57. The monoisotopic (exact) mass is 279 g/mol. The van der Waals surface area contributed by atoms with E-state index in [9.17, 15) is 0 Å². The lowest BCUT2D eigenvalue weighted by molar-refractivity contribution is 0.313. The molecule has 0 amide bonds. The highest BCUT2D eigenvalue weighted by Gasteiger charge is 2.02. The lowest BCUT2D eigenvalue weighted by atomic mass is 10.3. The van der Waals surface area contributed by atoms with Crippen molar-refractivity contribution in [2.24, 2.45) is 0 Å². The fourth-order valence-corrected chi connectivity index (χ4v) is 2.58. The molecule has 2 rings (SSSR count). The second-order valence-corrected chi connectivity index (χ2v) is 5.80. The van der Waals surface area contributed by atoms with Gasteiger partial charge in [-0.2, -0.15) is 5.10 Å². The van der Waals surface area contributed by atoms with Crippen LogP contribution in [0.1, 0.15) is 30.3 Å². The molecule has 0 aromatic carbocycles. The van der Waals surface area contributed by atoms with E-state index in [1.54, 1.807) is 17.5 Å². The molecule has 0 bridgehead atoms. The van der Waals surface area contributed by atoms with Crippen LogP contribution < -0.4 is 10.1 Å². The van der Waals surface area contributed by atoms with Crippen LogP contribution in [0.4, 0.5) is 0 Å². The molecule has 0 aliphatic rings. The summed E-state index contributed by atoms with van der Waals surface area (Å²) in [7, 11) is 0. The molecule has 1 N–H and O–H groups in total. The topological polar surface area (TPSA) is 39.1 Å². The standard InChI is InChI=1S/C14H21N3OS/c1-11(2)17-10-13(8-16-17)18-6-5-15-9-14-12(3)4-7-19-14/h4,7-8,10-11,15H,5-6,9H2,1-3H3. The van der Waals surface area contributed by atoms with Crippen molar-refractivity contribution in [3.63, 3.8) is 0 Å². The molecular weight excluding hydrogens is 258 g/mol. The van der Waals surface area contributed by atoms with Crippen LogP contribution in [0, 0.1) is 6.92 Å². The van der Waals surface area contributed by atoms with Gasteiger partial charge in [-0.25, -0.2) is 0 Å². The summed E-state index contributed by atoms with van der Waals surface area (Å²) in [5.41, 5.74) is 1.36. The van der Waals surface area contributed by atoms with Crippen LogP contribution in [0.3, 0.4) is 0 Å². The second-order valence-electron chi connectivity index (χ2n) is 4.80. The Bertz CT molecular complexity index is 504. The van der Waals surface area contributed by atoms with Crippen molar-refractivity contribution in [1.82, 2.24) is 15.1 Å². The second kappa shape index (κ2) is 6.73. The van der Waals surface area contributed by atoms with E-state index in [0.717, 1.165) is 18.8 Å². The molecule has 2 aromatic heterocycles. The zero-order valence-corrected chi connectivity index (χ0v) is 12.5. The minimum Gasteiger partial charge on any atom is -0.489 e. The Hall–Kier alpha value is -1.33. The maximum atomic E-state index is 5.64. The van der Waals surface area contributed by atoms with Gasteiger partial charge in [0.05, 0.1) is 12.4 Å². The van der Waals surface area contributed by atoms with Gasteiger partial charge in [-0.05, 0) is 37.8 Å². The van der Waals surface area contributed by atoms with Crippen molar-refractivity contribution in [2.45, 2.75) is 33.4 Å². The van der Waals surface area contributed by atoms with Crippen LogP contribution >= 0.6 is 11.3 Å². The van der Waals surface area contributed by atoms with Gasteiger partial charge in [-0.3, -0.25) is 4.68 Å². The molecule has 0 unspecified atom stereocenters. The molecule has 0 aliphatic heterocycles. The predicted molar refractivity (Wildman–Crippen MR) is 78.9 cm³/mol. The average Bonchev–Trinajstić information content (AvgIpc) is 2.99. The van der Waals surface area contributed by atoms with Gasteiger partial charge in [0.1, 0.15) is 6.61 Å². The molecule has 0 fully saturated rings. The number of hydrogen-bond acceptors (Lipinski definition) is 4. The molecular formula is C14H21N3OS. The first-order chi connectivity index (χ1) is 9.16. The lowest BCUT2D eigenvalue weighted by Crippen LogP contribution is -2.20. The predicted octanol–water partition coefficient (Wildman–Crippen LogP) is 3.00. The third-order valence-corrected chi connectivity index (χ3v) is 3.93. The number of aromatic nitrogens is 2. The van der Waals surface area contributed by atoms with Crippen LogP contribution in [0.25, 0.3) is 0 Å². The van der Waals surface area contributed by atoms with E-state index in [4.69, 9.17) is 4.74 Å².